The van der Waals surface area contributed by atoms with Crippen molar-refractivity contribution in [1.29, 1.82) is 0 Å². The third kappa shape index (κ3) is 4.84. The van der Waals surface area contributed by atoms with Gasteiger partial charge in [0.1, 0.15) is 5.82 Å². The molecule has 2 aromatic carbocycles. The van der Waals surface area contributed by atoms with Crippen molar-refractivity contribution in [3.05, 3.63) is 74.0 Å². The normalized spacial score (nSPS) is 11.6. The molecule has 0 fully saturated rings. The van der Waals surface area contributed by atoms with Crippen LogP contribution >= 0.6 is 15.9 Å². The number of nitrogens with one attached hydrogen (secondary N) is 1. The maximum absolute atomic E-state index is 13.5. The highest BCUT2D eigenvalue weighted by Gasteiger charge is 2.36. The minimum Gasteiger partial charge on any atom is -0.333 e. The molecule has 0 saturated heterocycles. The molecule has 1 heterocycles. The number of halogens is 4. The van der Waals surface area contributed by atoms with Gasteiger partial charge < -0.3 is 5.32 Å². The number of alkyl halides is 3. The number of nitro groups is 1. The Bertz CT molecular complexity index is 1150. The highest BCUT2D eigenvalue weighted by molar-refractivity contribution is 9.10. The van der Waals surface area contributed by atoms with E-state index in [2.05, 4.69) is 31.2 Å². The molecule has 10 heteroatoms. The Balaban J connectivity index is 2.20. The maximum atomic E-state index is 13.5. The van der Waals surface area contributed by atoms with Crippen molar-refractivity contribution in [2.24, 2.45) is 0 Å². The fraction of sp³-hybridized carbons (Fsp3) is 0.238. The summed E-state index contributed by atoms with van der Waals surface area (Å²) in [6.07, 6.45) is -4.70. The average molecular weight is 495 g/mol. The number of benzene rings is 2. The van der Waals surface area contributed by atoms with Crippen LogP contribution in [-0.4, -0.2) is 14.9 Å². The van der Waals surface area contributed by atoms with Gasteiger partial charge in [0.25, 0.3) is 0 Å². The lowest BCUT2D eigenvalue weighted by Crippen LogP contribution is -2.10. The summed E-state index contributed by atoms with van der Waals surface area (Å²) in [6.45, 7) is 5.52. The molecular formula is C21H18BrF3N4O2. The van der Waals surface area contributed by atoms with Gasteiger partial charge in [-0.1, -0.05) is 38.1 Å². The fourth-order valence-electron chi connectivity index (χ4n) is 3.07. The molecule has 3 aromatic rings. The summed E-state index contributed by atoms with van der Waals surface area (Å²) in [5, 5.41) is 14.8. The highest BCUT2D eigenvalue weighted by Crippen LogP contribution is 2.42. The van der Waals surface area contributed by atoms with Crippen molar-refractivity contribution < 1.29 is 18.1 Å². The van der Waals surface area contributed by atoms with Crippen molar-refractivity contribution >= 4 is 33.1 Å². The van der Waals surface area contributed by atoms with Gasteiger partial charge in [0.15, 0.2) is 5.69 Å². The predicted molar refractivity (Wildman–Crippen MR) is 115 cm³/mol. The van der Waals surface area contributed by atoms with Crippen LogP contribution in [0, 0.1) is 17.0 Å². The second kappa shape index (κ2) is 8.62. The smallest absolute Gasteiger partial charge is 0.333 e. The van der Waals surface area contributed by atoms with Gasteiger partial charge in [-0.15, -0.1) is 0 Å². The highest BCUT2D eigenvalue weighted by atomic mass is 79.9. The molecule has 1 N–H and O–H groups in total. The standard InChI is InChI=1S/C21H18BrF3N4O2/c1-11(2)13-8-9-17(16(22)10-13)28-20-19(29(30)31)18(26-12(3)27-20)14-6-4-5-7-15(14)21(23,24)25/h4-11H,1-3H3,(H,26,27,28). The van der Waals surface area contributed by atoms with Crippen LogP contribution in [0.4, 0.5) is 30.4 Å². The molecule has 0 aliphatic rings. The number of aryl methyl sites for hydroxylation is 1. The molecule has 0 radical (unpaired) electrons. The van der Waals surface area contributed by atoms with Crippen LogP contribution in [0.3, 0.4) is 0 Å². The van der Waals surface area contributed by atoms with Gasteiger partial charge in [0.2, 0.25) is 5.82 Å². The fourth-order valence-corrected chi connectivity index (χ4v) is 3.57. The molecule has 0 unspecified atom stereocenters. The summed E-state index contributed by atoms with van der Waals surface area (Å²) in [5.41, 5.74) is -0.898. The first kappa shape index (κ1) is 22.7. The SMILES string of the molecule is Cc1nc(Nc2ccc(C(C)C)cc2Br)c([N+](=O)[O-])c(-c2ccccc2C(F)(F)F)n1. The Hall–Kier alpha value is -3.01. The number of anilines is 2. The molecule has 0 bridgehead atoms. The predicted octanol–water partition coefficient (Wildman–Crippen LogP) is 7.01. The van der Waals surface area contributed by atoms with Crippen LogP contribution in [0.15, 0.2) is 46.9 Å². The maximum Gasteiger partial charge on any atom is 0.417 e. The Morgan fingerprint density at radius 3 is 2.39 bits per heavy atom. The van der Waals surface area contributed by atoms with E-state index in [-0.39, 0.29) is 23.1 Å². The molecule has 0 atom stereocenters. The first-order chi connectivity index (χ1) is 14.5. The molecule has 0 aliphatic heterocycles. The van der Waals surface area contributed by atoms with E-state index >= 15 is 0 Å². The molecule has 31 heavy (non-hydrogen) atoms. The van der Waals surface area contributed by atoms with Gasteiger partial charge in [0, 0.05) is 10.0 Å². The van der Waals surface area contributed by atoms with E-state index in [1.807, 2.05) is 26.0 Å². The number of aromatic nitrogens is 2. The first-order valence-electron chi connectivity index (χ1n) is 9.25. The van der Waals surface area contributed by atoms with Gasteiger partial charge in [-0.3, -0.25) is 10.1 Å². The molecule has 0 amide bonds. The van der Waals surface area contributed by atoms with Crippen LogP contribution in [0.1, 0.15) is 36.7 Å². The number of nitrogens with zero attached hydrogens (tertiary/aromatic N) is 3. The molecular weight excluding hydrogens is 477 g/mol. The lowest BCUT2D eigenvalue weighted by Gasteiger charge is -2.15. The summed E-state index contributed by atoms with van der Waals surface area (Å²) >= 11 is 3.43. The second-order valence-corrected chi connectivity index (χ2v) is 7.99. The van der Waals surface area contributed by atoms with Crippen LogP contribution in [0.5, 0.6) is 0 Å². The van der Waals surface area contributed by atoms with E-state index in [1.54, 1.807) is 6.07 Å². The quantitative estimate of drug-likeness (QED) is 0.304. The number of rotatable bonds is 5. The largest absolute Gasteiger partial charge is 0.417 e. The minimum atomic E-state index is -4.70. The lowest BCUT2D eigenvalue weighted by atomic mass is 10.0. The molecule has 0 saturated carbocycles. The number of hydrogen-bond acceptors (Lipinski definition) is 5. The van der Waals surface area contributed by atoms with Crippen molar-refractivity contribution in [1.82, 2.24) is 9.97 Å². The van der Waals surface area contributed by atoms with E-state index < -0.39 is 28.0 Å². The topological polar surface area (TPSA) is 81.0 Å². The van der Waals surface area contributed by atoms with E-state index in [4.69, 9.17) is 0 Å². The van der Waals surface area contributed by atoms with Crippen LogP contribution in [0.25, 0.3) is 11.3 Å². The molecule has 6 nitrogen and oxygen atoms in total. The van der Waals surface area contributed by atoms with Crippen molar-refractivity contribution in [3.8, 4) is 11.3 Å². The van der Waals surface area contributed by atoms with Gasteiger partial charge in [-0.2, -0.15) is 13.2 Å². The third-order valence-corrected chi connectivity index (χ3v) is 5.23. The Kier molecular flexibility index (Phi) is 6.30. The van der Waals surface area contributed by atoms with Crippen LogP contribution in [0.2, 0.25) is 0 Å². The van der Waals surface area contributed by atoms with E-state index in [1.165, 1.54) is 19.1 Å². The van der Waals surface area contributed by atoms with E-state index in [9.17, 15) is 23.3 Å². The average Bonchev–Trinajstić information content (AvgIpc) is 2.68. The zero-order valence-electron chi connectivity index (χ0n) is 16.8. The molecule has 162 valence electrons. The zero-order valence-corrected chi connectivity index (χ0v) is 18.4. The van der Waals surface area contributed by atoms with Gasteiger partial charge in [-0.05, 0) is 52.5 Å². The summed E-state index contributed by atoms with van der Waals surface area (Å²) < 4.78 is 41.2. The second-order valence-electron chi connectivity index (χ2n) is 7.14. The monoisotopic (exact) mass is 494 g/mol. The Morgan fingerprint density at radius 1 is 1.13 bits per heavy atom. The summed E-state index contributed by atoms with van der Waals surface area (Å²) in [6, 6.07) is 10.1. The minimum absolute atomic E-state index is 0.0926. The van der Waals surface area contributed by atoms with Crippen molar-refractivity contribution in [2.75, 3.05) is 5.32 Å². The van der Waals surface area contributed by atoms with Crippen LogP contribution in [-0.2, 0) is 6.18 Å². The summed E-state index contributed by atoms with van der Waals surface area (Å²) in [7, 11) is 0. The number of hydrogen-bond donors (Lipinski definition) is 1. The van der Waals surface area contributed by atoms with Crippen LogP contribution < -0.4 is 5.32 Å². The molecule has 0 spiro atoms. The summed E-state index contributed by atoms with van der Waals surface area (Å²) in [5.74, 6) is 0.170. The molecule has 1 aromatic heterocycles. The third-order valence-electron chi connectivity index (χ3n) is 4.58. The van der Waals surface area contributed by atoms with Crippen molar-refractivity contribution in [3.63, 3.8) is 0 Å². The first-order valence-corrected chi connectivity index (χ1v) is 10.0. The van der Waals surface area contributed by atoms with E-state index in [0.29, 0.717) is 10.2 Å². The molecule has 0 aliphatic carbocycles. The lowest BCUT2D eigenvalue weighted by molar-refractivity contribution is -0.383. The Labute approximate surface area is 184 Å². The van der Waals surface area contributed by atoms with Gasteiger partial charge in [0.05, 0.1) is 16.2 Å². The van der Waals surface area contributed by atoms with Crippen molar-refractivity contribution in [2.45, 2.75) is 32.9 Å². The zero-order chi connectivity index (χ0) is 22.9. The molecule has 3 rings (SSSR count). The summed E-state index contributed by atoms with van der Waals surface area (Å²) in [4.78, 5) is 19.2. The Morgan fingerprint density at radius 2 is 1.81 bits per heavy atom. The van der Waals surface area contributed by atoms with E-state index in [0.717, 1.165) is 17.7 Å². The van der Waals surface area contributed by atoms with Gasteiger partial charge in [-0.25, -0.2) is 9.97 Å². The van der Waals surface area contributed by atoms with Gasteiger partial charge >= 0.3 is 11.9 Å².